The lowest BCUT2D eigenvalue weighted by Gasteiger charge is -2.32. The van der Waals surface area contributed by atoms with Gasteiger partial charge in [0, 0.05) is 39.8 Å². The quantitative estimate of drug-likeness (QED) is 0.272. The van der Waals surface area contributed by atoms with Crippen LogP contribution in [0.15, 0.2) is 72.8 Å². The molecule has 0 bridgehead atoms. The van der Waals surface area contributed by atoms with Crippen LogP contribution >= 0.6 is 46.6 Å². The second kappa shape index (κ2) is 13.9. The number of benzene rings is 3. The Morgan fingerprint density at radius 1 is 0.861 bits per heavy atom. The van der Waals surface area contributed by atoms with Crippen molar-refractivity contribution in [1.82, 2.24) is 10.2 Å². The first kappa shape index (κ1) is 28.4. The van der Waals surface area contributed by atoms with E-state index in [1.54, 1.807) is 35.2 Å². The Bertz CT molecular complexity index is 1140. The molecule has 0 aromatic heterocycles. The first-order chi connectivity index (χ1) is 17.2. The lowest BCUT2D eigenvalue weighted by Crippen LogP contribution is -2.52. The summed E-state index contributed by atoms with van der Waals surface area (Å²) in [6.07, 6.45) is 0.403. The molecule has 0 saturated carbocycles. The van der Waals surface area contributed by atoms with Gasteiger partial charge < -0.3 is 10.2 Å². The van der Waals surface area contributed by atoms with Crippen molar-refractivity contribution in [3.05, 3.63) is 105 Å². The molecule has 3 aromatic carbocycles. The molecule has 0 unspecified atom stereocenters. The SMILES string of the molecule is CC(C)NC(=O)[C@@H](Cc1ccccc1)N(Cc1ccc(Cl)cc1)C(=O)CSCc1c(Cl)cccc1Cl. The Balaban J connectivity index is 1.86. The van der Waals surface area contributed by atoms with E-state index in [9.17, 15) is 9.59 Å². The van der Waals surface area contributed by atoms with E-state index < -0.39 is 6.04 Å². The fourth-order valence-electron chi connectivity index (χ4n) is 3.71. The van der Waals surface area contributed by atoms with E-state index >= 15 is 0 Å². The molecule has 3 rings (SSSR count). The van der Waals surface area contributed by atoms with Crippen LogP contribution in [-0.4, -0.2) is 34.6 Å². The van der Waals surface area contributed by atoms with E-state index in [4.69, 9.17) is 34.8 Å². The molecule has 0 aliphatic rings. The molecule has 8 heteroatoms. The largest absolute Gasteiger partial charge is 0.352 e. The van der Waals surface area contributed by atoms with Gasteiger partial charge in [-0.1, -0.05) is 83.3 Å². The summed E-state index contributed by atoms with van der Waals surface area (Å²) in [6.45, 7) is 4.10. The van der Waals surface area contributed by atoms with E-state index in [1.165, 1.54) is 11.8 Å². The Kier molecular flexibility index (Phi) is 11.0. The molecule has 1 atom stereocenters. The van der Waals surface area contributed by atoms with Crippen LogP contribution in [-0.2, 0) is 28.3 Å². The molecule has 4 nitrogen and oxygen atoms in total. The lowest BCUT2D eigenvalue weighted by atomic mass is 10.0. The molecular weight excluding hydrogens is 535 g/mol. The van der Waals surface area contributed by atoms with Crippen LogP contribution in [0.5, 0.6) is 0 Å². The van der Waals surface area contributed by atoms with Crippen LogP contribution in [0.25, 0.3) is 0 Å². The number of amides is 2. The molecule has 0 spiro atoms. The van der Waals surface area contributed by atoms with Crippen molar-refractivity contribution < 1.29 is 9.59 Å². The van der Waals surface area contributed by atoms with Gasteiger partial charge in [0.2, 0.25) is 11.8 Å². The highest BCUT2D eigenvalue weighted by molar-refractivity contribution is 7.99. The summed E-state index contributed by atoms with van der Waals surface area (Å²) in [5.74, 6) is 0.337. The Morgan fingerprint density at radius 2 is 1.50 bits per heavy atom. The smallest absolute Gasteiger partial charge is 0.243 e. The van der Waals surface area contributed by atoms with E-state index in [0.29, 0.717) is 27.2 Å². The summed E-state index contributed by atoms with van der Waals surface area (Å²) < 4.78 is 0. The van der Waals surface area contributed by atoms with Crippen molar-refractivity contribution >= 4 is 58.4 Å². The predicted molar refractivity (Wildman–Crippen MR) is 152 cm³/mol. The first-order valence-electron chi connectivity index (χ1n) is 11.6. The summed E-state index contributed by atoms with van der Waals surface area (Å²) in [4.78, 5) is 28.7. The minimum absolute atomic E-state index is 0.0556. The molecule has 0 fully saturated rings. The monoisotopic (exact) mass is 562 g/mol. The van der Waals surface area contributed by atoms with Gasteiger partial charge in [0.05, 0.1) is 5.75 Å². The van der Waals surface area contributed by atoms with Crippen molar-refractivity contribution in [2.75, 3.05) is 5.75 Å². The minimum Gasteiger partial charge on any atom is -0.352 e. The van der Waals surface area contributed by atoms with Gasteiger partial charge in [-0.3, -0.25) is 9.59 Å². The highest BCUT2D eigenvalue weighted by Crippen LogP contribution is 2.28. The van der Waals surface area contributed by atoms with Crippen molar-refractivity contribution in [2.24, 2.45) is 0 Å². The number of halogens is 3. The van der Waals surface area contributed by atoms with Crippen LogP contribution in [0.1, 0.15) is 30.5 Å². The third kappa shape index (κ3) is 8.45. The predicted octanol–water partition coefficient (Wildman–Crippen LogP) is 7.04. The number of thioether (sulfide) groups is 1. The molecule has 0 aliphatic heterocycles. The highest BCUT2D eigenvalue weighted by atomic mass is 35.5. The first-order valence-corrected chi connectivity index (χ1v) is 13.9. The number of carbonyl (C=O) groups is 2. The van der Waals surface area contributed by atoms with E-state index in [-0.39, 0.29) is 30.2 Å². The molecular formula is C28H29Cl3N2O2S. The van der Waals surface area contributed by atoms with Crippen molar-refractivity contribution in [3.8, 4) is 0 Å². The summed E-state index contributed by atoms with van der Waals surface area (Å²) in [6, 6.07) is 21.7. The van der Waals surface area contributed by atoms with Gasteiger partial charge in [-0.2, -0.15) is 0 Å². The van der Waals surface area contributed by atoms with E-state index in [1.807, 2.05) is 56.3 Å². The van der Waals surface area contributed by atoms with Gasteiger partial charge in [0.1, 0.15) is 6.04 Å². The normalized spacial score (nSPS) is 11.8. The zero-order chi connectivity index (χ0) is 26.1. The molecule has 1 N–H and O–H groups in total. The maximum atomic E-state index is 13.6. The fraction of sp³-hybridized carbons (Fsp3) is 0.286. The van der Waals surface area contributed by atoms with Gasteiger partial charge in [-0.05, 0) is 54.8 Å². The zero-order valence-electron chi connectivity index (χ0n) is 20.2. The van der Waals surface area contributed by atoms with Gasteiger partial charge in [0.15, 0.2) is 0 Å². The van der Waals surface area contributed by atoms with Gasteiger partial charge in [-0.15, -0.1) is 11.8 Å². The van der Waals surface area contributed by atoms with Crippen molar-refractivity contribution in [2.45, 2.75) is 44.6 Å². The number of carbonyl (C=O) groups excluding carboxylic acids is 2. The summed E-state index contributed by atoms with van der Waals surface area (Å²) in [5.41, 5.74) is 2.66. The van der Waals surface area contributed by atoms with Crippen molar-refractivity contribution in [1.29, 1.82) is 0 Å². The Hall–Kier alpha value is -2.18. The average Bonchev–Trinajstić information content (AvgIpc) is 2.84. The average molecular weight is 564 g/mol. The maximum absolute atomic E-state index is 13.6. The number of nitrogens with zero attached hydrogens (tertiary/aromatic N) is 1. The summed E-state index contributed by atoms with van der Waals surface area (Å²) in [5, 5.41) is 4.74. The summed E-state index contributed by atoms with van der Waals surface area (Å²) in [7, 11) is 0. The van der Waals surface area contributed by atoms with Crippen LogP contribution in [0.3, 0.4) is 0 Å². The number of nitrogens with one attached hydrogen (secondary N) is 1. The topological polar surface area (TPSA) is 49.4 Å². The number of rotatable bonds is 11. The molecule has 0 aliphatic carbocycles. The Morgan fingerprint density at radius 3 is 2.11 bits per heavy atom. The molecule has 190 valence electrons. The van der Waals surface area contributed by atoms with Crippen molar-refractivity contribution in [3.63, 3.8) is 0 Å². The number of hydrogen-bond acceptors (Lipinski definition) is 3. The van der Waals surface area contributed by atoms with E-state index in [2.05, 4.69) is 5.32 Å². The molecule has 36 heavy (non-hydrogen) atoms. The lowest BCUT2D eigenvalue weighted by molar-refractivity contribution is -0.139. The van der Waals surface area contributed by atoms with Crippen LogP contribution < -0.4 is 5.32 Å². The Labute approximate surface area is 232 Å². The van der Waals surface area contributed by atoms with Gasteiger partial charge in [0.25, 0.3) is 0 Å². The molecule has 0 radical (unpaired) electrons. The van der Waals surface area contributed by atoms with E-state index in [0.717, 1.165) is 16.7 Å². The summed E-state index contributed by atoms with van der Waals surface area (Å²) >= 11 is 20.1. The second-order valence-electron chi connectivity index (χ2n) is 8.71. The highest BCUT2D eigenvalue weighted by Gasteiger charge is 2.30. The van der Waals surface area contributed by atoms with Crippen LogP contribution in [0.4, 0.5) is 0 Å². The number of hydrogen-bond donors (Lipinski definition) is 1. The van der Waals surface area contributed by atoms with Crippen LogP contribution in [0.2, 0.25) is 15.1 Å². The third-order valence-corrected chi connectivity index (χ3v) is 7.41. The van der Waals surface area contributed by atoms with Gasteiger partial charge in [-0.25, -0.2) is 0 Å². The fourth-order valence-corrected chi connectivity index (χ4v) is 5.49. The molecule has 3 aromatic rings. The second-order valence-corrected chi connectivity index (χ2v) is 10.9. The molecule has 0 heterocycles. The molecule has 0 saturated heterocycles. The maximum Gasteiger partial charge on any atom is 0.243 e. The zero-order valence-corrected chi connectivity index (χ0v) is 23.3. The molecule has 2 amide bonds. The standard InChI is InChI=1S/C28H29Cl3N2O2S/c1-19(2)32-28(35)26(15-20-7-4-3-5-8-20)33(16-21-11-13-22(29)14-12-21)27(34)18-36-17-23-24(30)9-6-10-25(23)31/h3-14,19,26H,15-18H2,1-2H3,(H,32,35)/t26-/m1/s1. The van der Waals surface area contributed by atoms with Gasteiger partial charge >= 0.3 is 0 Å². The third-order valence-electron chi connectivity index (χ3n) is 5.50. The minimum atomic E-state index is -0.678. The van der Waals surface area contributed by atoms with Crippen LogP contribution in [0, 0.1) is 0 Å².